The molecule has 0 aromatic heterocycles. The topological polar surface area (TPSA) is 362 Å². The van der Waals surface area contributed by atoms with Gasteiger partial charge in [0.05, 0.1) is 0 Å². The molecule has 145 valence electrons. The Hall–Kier alpha value is 1.76. The van der Waals surface area contributed by atoms with Crippen LogP contribution in [0.25, 0.3) is 0 Å². The van der Waals surface area contributed by atoms with E-state index in [1.54, 1.807) is 0 Å². The van der Waals surface area contributed by atoms with E-state index in [1.165, 1.54) is 0 Å². The molecule has 0 aliphatic rings. The molecule has 0 aromatic carbocycles. The maximum atomic E-state index is 8.59. The summed E-state index contributed by atoms with van der Waals surface area (Å²) in [6.45, 7) is 0. The van der Waals surface area contributed by atoms with E-state index in [2.05, 4.69) is 0 Å². The molecule has 6 unspecified atom stereocenters. The van der Waals surface area contributed by atoms with Crippen LogP contribution in [0.3, 0.4) is 0 Å². The predicted molar refractivity (Wildman–Crippen MR) is 64.7 cm³/mol. The molecule has 0 spiro atoms. The Morgan fingerprint density at radius 3 is 0.360 bits per heavy atom. The van der Waals surface area contributed by atoms with Crippen molar-refractivity contribution in [1.29, 1.82) is 0 Å². The predicted octanol–water partition coefficient (Wildman–Crippen LogP) is -6.40. The molecule has 1 radical (unpaired) electrons. The number of hydrogen-bond acceptors (Lipinski definition) is 12. The van der Waals surface area contributed by atoms with E-state index in [4.69, 9.17) is 86.1 Å². The third-order valence-corrected chi connectivity index (χ3v) is 0. The summed E-state index contributed by atoms with van der Waals surface area (Å²) in [5, 5.41) is 0. The monoisotopic (exact) mass is 519 g/mol. The summed E-state index contributed by atoms with van der Waals surface area (Å²) in [5.74, 6) is 0. The second-order valence-corrected chi connectivity index (χ2v) is 4.28. The molecule has 6 atom stereocenters. The van der Waals surface area contributed by atoms with Crippen molar-refractivity contribution in [2.75, 3.05) is 0 Å². The van der Waals surface area contributed by atoms with Gasteiger partial charge in [-0.3, -0.25) is 0 Å². The van der Waals surface area contributed by atoms with Crippen LogP contribution in [0.2, 0.25) is 0 Å². The first-order valence-corrected chi connectivity index (χ1v) is 10.2. The van der Waals surface area contributed by atoms with Gasteiger partial charge < -0.3 is 29.4 Å². The summed E-state index contributed by atoms with van der Waals surface area (Å²) in [4.78, 5) is 93.6. The molecule has 25 heavy (non-hydrogen) atoms. The van der Waals surface area contributed by atoms with Gasteiger partial charge in [-0.25, -0.2) is 0 Å². The first-order valence-electron chi connectivity index (χ1n) is 3.39. The van der Waals surface area contributed by atoms with Gasteiger partial charge in [-0.05, 0) is 27.4 Å². The molecule has 0 fully saturated rings. The molecule has 0 rings (SSSR count). The first kappa shape index (κ1) is 45.5. The van der Waals surface area contributed by atoms with E-state index in [0.717, 1.165) is 0 Å². The summed E-state index contributed by atoms with van der Waals surface area (Å²) < 4.78 is 51.6. The zero-order chi connectivity index (χ0) is 21.5. The fraction of sp³-hybridized carbons (Fsp3) is 0. The van der Waals surface area contributed by atoms with Crippen LogP contribution in [0.15, 0.2) is 0 Å². The zero-order valence-electron chi connectivity index (χ0n) is 11.3. The van der Waals surface area contributed by atoms with Gasteiger partial charge in [0, 0.05) is 51.4 Å². The van der Waals surface area contributed by atoms with Crippen LogP contribution < -0.4 is 29.4 Å². The van der Waals surface area contributed by atoms with Gasteiger partial charge in [0.15, 0.2) is 0 Å². The van der Waals surface area contributed by atoms with Gasteiger partial charge in [0.25, 0.3) is 0 Å². The maximum absolute atomic E-state index is 8.59. The molecule has 0 saturated carbocycles. The van der Waals surface area contributed by atoms with Crippen molar-refractivity contribution in [3.63, 3.8) is 0 Å². The summed E-state index contributed by atoms with van der Waals surface area (Å²) in [7, 11) is -18.7. The second-order valence-electron chi connectivity index (χ2n) is 1.43. The van der Waals surface area contributed by atoms with Crippen molar-refractivity contribution in [2.24, 2.45) is 0 Å². The molecule has 0 aliphatic carbocycles. The third kappa shape index (κ3) is 4710. The summed E-state index contributed by atoms with van der Waals surface area (Å²) in [6, 6.07) is 0. The maximum Gasteiger partial charge on any atom is 0.485 e. The second kappa shape index (κ2) is 40.4. The normalized spacial score (nSPS) is 10.6. The van der Waals surface area contributed by atoms with Gasteiger partial charge in [0.1, 0.15) is 0 Å². The Morgan fingerprint density at radius 1 is 0.360 bits per heavy atom. The van der Waals surface area contributed by atoms with Crippen LogP contribution in [0.5, 0.6) is 0 Å². The van der Waals surface area contributed by atoms with E-state index in [-0.39, 0.29) is 51.4 Å². The fourth-order valence-corrected chi connectivity index (χ4v) is 0. The fourth-order valence-electron chi connectivity index (χ4n) is 0. The van der Waals surface area contributed by atoms with E-state index in [0.29, 0.717) is 0 Å². The minimum Gasteiger partial charge on any atom is -0.567 e. The Bertz CT molecular complexity index is 257. The van der Waals surface area contributed by atoms with Crippen LogP contribution in [0.4, 0.5) is 0 Å². The summed E-state index contributed by atoms with van der Waals surface area (Å²) in [5.41, 5.74) is 0. The third-order valence-electron chi connectivity index (χ3n) is 0. The van der Waals surface area contributed by atoms with E-state index < -0.39 is 49.5 Å². The Balaban J connectivity index is -0.0000000309. The zero-order valence-corrected chi connectivity index (χ0v) is 19.8. The van der Waals surface area contributed by atoms with Gasteiger partial charge in [0.2, 0.25) is 0 Å². The minimum atomic E-state index is -3.12. The quantitative estimate of drug-likeness (QED) is 0.128. The van der Waals surface area contributed by atoms with E-state index in [9.17, 15) is 0 Å². The Kier molecular flexibility index (Phi) is 73.6. The van der Waals surface area contributed by atoms with Crippen molar-refractivity contribution in [3.05, 3.63) is 0 Å². The molecule has 18 nitrogen and oxygen atoms in total. The van der Waals surface area contributed by atoms with Crippen molar-refractivity contribution >= 4 is 101 Å². The standard InChI is InChI=1S/K.6HO3P/c;6*1-4(2)3/h;6*(H,1,2,3). The number of rotatable bonds is 0. The smallest absolute Gasteiger partial charge is 0.485 e. The Labute approximate surface area is 185 Å². The molecule has 0 saturated heterocycles. The average Bonchev–Trinajstić information content (AvgIpc) is 2.08. The first-order chi connectivity index (χ1) is 10.4. The molecule has 25 heteroatoms. The van der Waals surface area contributed by atoms with Gasteiger partial charge >= 0.3 is 49.5 Å². The molecule has 0 bridgehead atoms. The van der Waals surface area contributed by atoms with Gasteiger partial charge in [-0.1, -0.05) is 0 Å². The largest absolute Gasteiger partial charge is 0.567 e. The van der Waals surface area contributed by atoms with Crippen molar-refractivity contribution < 1.29 is 86.1 Å². The average molecular weight is 519 g/mol. The summed E-state index contributed by atoms with van der Waals surface area (Å²) in [6.07, 6.45) is 0. The van der Waals surface area contributed by atoms with E-state index >= 15 is 0 Å². The number of hydrogen-bond donors (Lipinski definition) is 6. The Morgan fingerprint density at radius 2 is 0.360 bits per heavy atom. The van der Waals surface area contributed by atoms with Crippen molar-refractivity contribution in [3.8, 4) is 0 Å². The van der Waals surface area contributed by atoms with Crippen LogP contribution >= 0.6 is 49.5 Å². The molecule has 0 aromatic rings. The SMILES string of the molecule is O=[P+]([O-])O.O=[P+]([O-])O.O=[P+]([O-])O.O=[P+]([O-])O.O=[P+]([O-])O.O=[P+]([O-])O.[K]. The van der Waals surface area contributed by atoms with E-state index in [1.807, 2.05) is 0 Å². The van der Waals surface area contributed by atoms with Crippen LogP contribution in [0, 0.1) is 0 Å². The minimum absolute atomic E-state index is 0. The summed E-state index contributed by atoms with van der Waals surface area (Å²) >= 11 is 0. The van der Waals surface area contributed by atoms with Crippen molar-refractivity contribution in [2.45, 2.75) is 0 Å². The molecule has 0 amide bonds. The van der Waals surface area contributed by atoms with Crippen molar-refractivity contribution in [1.82, 2.24) is 0 Å². The van der Waals surface area contributed by atoms with Crippen LogP contribution in [-0.4, -0.2) is 80.7 Å². The molecule has 0 aliphatic heterocycles. The molecule has 0 heterocycles. The molecular formula is H6KO18P6. The van der Waals surface area contributed by atoms with Crippen LogP contribution in [-0.2, 0) is 27.4 Å². The molecule has 6 N–H and O–H groups in total. The molecular weight excluding hydrogens is 513 g/mol. The van der Waals surface area contributed by atoms with Gasteiger partial charge in [-0.15, -0.1) is 0 Å². The van der Waals surface area contributed by atoms with Crippen LogP contribution in [0.1, 0.15) is 0 Å². The van der Waals surface area contributed by atoms with Gasteiger partial charge in [-0.2, -0.15) is 29.4 Å².